The van der Waals surface area contributed by atoms with E-state index in [0.717, 1.165) is 11.3 Å². The Morgan fingerprint density at radius 2 is 1.77 bits per heavy atom. The number of anilines is 2. The van der Waals surface area contributed by atoms with Gasteiger partial charge in [0.1, 0.15) is 6.04 Å². The van der Waals surface area contributed by atoms with Crippen molar-refractivity contribution in [3.05, 3.63) is 81.9 Å². The fourth-order valence-electron chi connectivity index (χ4n) is 2.78. The second-order valence-corrected chi connectivity index (χ2v) is 7.37. The zero-order chi connectivity index (χ0) is 21.7. The molecule has 2 heterocycles. The summed E-state index contributed by atoms with van der Waals surface area (Å²) in [5, 5.41) is 15.7. The number of hydrogen-bond donors (Lipinski definition) is 3. The molecule has 9 heteroatoms. The van der Waals surface area contributed by atoms with Crippen LogP contribution in [0.15, 0.2) is 55.0 Å². The summed E-state index contributed by atoms with van der Waals surface area (Å²) in [5.74, 6) is -1.37. The molecule has 2 aromatic heterocycles. The number of pyridine rings is 2. The maximum atomic E-state index is 12.5. The lowest BCUT2D eigenvalue weighted by Crippen LogP contribution is -2.31. The van der Waals surface area contributed by atoms with E-state index in [9.17, 15) is 14.7 Å². The molecule has 3 rings (SSSR count). The number of carboxylic acids is 1. The van der Waals surface area contributed by atoms with Crippen molar-refractivity contribution in [2.45, 2.75) is 19.4 Å². The van der Waals surface area contributed by atoms with E-state index < -0.39 is 17.9 Å². The van der Waals surface area contributed by atoms with E-state index in [2.05, 4.69) is 20.6 Å². The number of carbonyl (C=O) groups is 2. The van der Waals surface area contributed by atoms with Crippen LogP contribution in [0.3, 0.4) is 0 Å². The maximum Gasteiger partial charge on any atom is 0.326 e. The van der Waals surface area contributed by atoms with Crippen molar-refractivity contribution in [2.75, 3.05) is 10.6 Å². The van der Waals surface area contributed by atoms with Crippen molar-refractivity contribution >= 4 is 46.5 Å². The minimum atomic E-state index is -0.978. The van der Waals surface area contributed by atoms with Crippen LogP contribution in [0.25, 0.3) is 0 Å². The van der Waals surface area contributed by atoms with Crippen LogP contribution in [0.5, 0.6) is 0 Å². The highest BCUT2D eigenvalue weighted by molar-refractivity contribution is 6.39. The number of aromatic nitrogens is 2. The highest BCUT2D eigenvalue weighted by atomic mass is 35.5. The van der Waals surface area contributed by atoms with Gasteiger partial charge in [-0.3, -0.25) is 14.8 Å². The number of amides is 1. The van der Waals surface area contributed by atoms with Crippen molar-refractivity contribution in [3.63, 3.8) is 0 Å². The van der Waals surface area contributed by atoms with Gasteiger partial charge in [-0.25, -0.2) is 4.79 Å². The number of nitrogens with one attached hydrogen (secondary N) is 2. The number of aryl methyl sites for hydroxylation is 1. The van der Waals surface area contributed by atoms with E-state index >= 15 is 0 Å². The van der Waals surface area contributed by atoms with Gasteiger partial charge in [0.05, 0.1) is 15.7 Å². The van der Waals surface area contributed by atoms with Crippen LogP contribution in [0, 0.1) is 6.92 Å². The molecule has 0 aliphatic heterocycles. The number of benzene rings is 1. The highest BCUT2D eigenvalue weighted by Crippen LogP contribution is 2.29. The van der Waals surface area contributed by atoms with Gasteiger partial charge in [-0.15, -0.1) is 0 Å². The topological polar surface area (TPSA) is 104 Å². The SMILES string of the molecule is Cc1cc(NC(Cc2ccc(C(=O)Nc3c(Cl)cncc3Cl)cc2)C(=O)O)ccn1. The van der Waals surface area contributed by atoms with Gasteiger partial charge in [0.25, 0.3) is 5.91 Å². The molecule has 0 spiro atoms. The summed E-state index contributed by atoms with van der Waals surface area (Å²) < 4.78 is 0. The van der Waals surface area contributed by atoms with E-state index in [4.69, 9.17) is 23.2 Å². The molecular formula is C21H18Cl2N4O3. The van der Waals surface area contributed by atoms with Crippen LogP contribution in [-0.4, -0.2) is 33.0 Å². The first-order valence-corrected chi connectivity index (χ1v) is 9.70. The molecule has 1 amide bonds. The second kappa shape index (κ2) is 9.56. The van der Waals surface area contributed by atoms with Crippen molar-refractivity contribution in [1.29, 1.82) is 0 Å². The largest absolute Gasteiger partial charge is 0.480 e. The predicted molar refractivity (Wildman–Crippen MR) is 116 cm³/mol. The molecule has 7 nitrogen and oxygen atoms in total. The number of rotatable bonds is 7. The van der Waals surface area contributed by atoms with Gasteiger partial charge < -0.3 is 15.7 Å². The zero-order valence-corrected chi connectivity index (χ0v) is 17.4. The van der Waals surface area contributed by atoms with Gasteiger partial charge >= 0.3 is 5.97 Å². The summed E-state index contributed by atoms with van der Waals surface area (Å²) in [5.41, 5.74) is 2.89. The molecule has 0 aliphatic rings. The Morgan fingerprint density at radius 1 is 1.10 bits per heavy atom. The quantitative estimate of drug-likeness (QED) is 0.497. The Labute approximate surface area is 183 Å². The average molecular weight is 445 g/mol. The Bertz CT molecular complexity index is 1050. The van der Waals surface area contributed by atoms with Crippen LogP contribution in [0.1, 0.15) is 21.6 Å². The molecule has 154 valence electrons. The van der Waals surface area contributed by atoms with E-state index in [-0.39, 0.29) is 22.2 Å². The first-order valence-electron chi connectivity index (χ1n) is 8.95. The maximum absolute atomic E-state index is 12.5. The number of nitrogens with zero attached hydrogens (tertiary/aromatic N) is 2. The third-order valence-electron chi connectivity index (χ3n) is 4.28. The van der Waals surface area contributed by atoms with Gasteiger partial charge in [0, 0.05) is 42.0 Å². The number of carboxylic acid groups (broad SMARTS) is 1. The molecule has 0 saturated heterocycles. The molecule has 0 saturated carbocycles. The number of halogens is 2. The fraction of sp³-hybridized carbons (Fsp3) is 0.143. The fourth-order valence-corrected chi connectivity index (χ4v) is 3.24. The van der Waals surface area contributed by atoms with Gasteiger partial charge in [-0.2, -0.15) is 0 Å². The molecule has 1 unspecified atom stereocenters. The monoisotopic (exact) mass is 444 g/mol. The first kappa shape index (κ1) is 21.5. The van der Waals surface area contributed by atoms with Gasteiger partial charge in [-0.1, -0.05) is 35.3 Å². The summed E-state index contributed by atoms with van der Waals surface area (Å²) in [6.07, 6.45) is 4.62. The Hall–Kier alpha value is -3.16. The average Bonchev–Trinajstić information content (AvgIpc) is 2.71. The number of carbonyl (C=O) groups excluding carboxylic acids is 1. The Balaban J connectivity index is 1.69. The van der Waals surface area contributed by atoms with Crippen molar-refractivity contribution in [2.24, 2.45) is 0 Å². The van der Waals surface area contributed by atoms with Crippen LogP contribution >= 0.6 is 23.2 Å². The van der Waals surface area contributed by atoms with Crippen molar-refractivity contribution < 1.29 is 14.7 Å². The van der Waals surface area contributed by atoms with Gasteiger partial charge in [0.2, 0.25) is 0 Å². The summed E-state index contributed by atoms with van der Waals surface area (Å²) in [4.78, 5) is 32.1. The van der Waals surface area contributed by atoms with Crippen LogP contribution in [-0.2, 0) is 11.2 Å². The van der Waals surface area contributed by atoms with Crippen LogP contribution in [0.4, 0.5) is 11.4 Å². The summed E-state index contributed by atoms with van der Waals surface area (Å²) in [6, 6.07) is 9.30. The molecule has 0 aliphatic carbocycles. The second-order valence-electron chi connectivity index (χ2n) is 6.55. The standard InChI is InChI=1S/C21H18Cl2N4O3/c1-12-8-15(6-7-25-12)26-18(21(29)30)9-13-2-4-14(5-3-13)20(28)27-19-16(22)10-24-11-17(19)23/h2-8,10-11,18H,9H2,1H3,(H,25,26)(H,29,30)(H,24,27,28). The number of aliphatic carboxylic acids is 1. The predicted octanol–water partition coefficient (Wildman–Crippen LogP) is 4.45. The van der Waals surface area contributed by atoms with Crippen LogP contribution in [0.2, 0.25) is 10.0 Å². The molecule has 1 aromatic carbocycles. The van der Waals surface area contributed by atoms with Crippen molar-refractivity contribution in [3.8, 4) is 0 Å². The van der Waals surface area contributed by atoms with E-state index in [1.165, 1.54) is 12.4 Å². The van der Waals surface area contributed by atoms with Gasteiger partial charge in [0.15, 0.2) is 0 Å². The minimum Gasteiger partial charge on any atom is -0.480 e. The minimum absolute atomic E-state index is 0.231. The van der Waals surface area contributed by atoms with E-state index in [1.807, 2.05) is 6.92 Å². The lowest BCUT2D eigenvalue weighted by molar-refractivity contribution is -0.137. The van der Waals surface area contributed by atoms with E-state index in [0.29, 0.717) is 11.3 Å². The molecule has 30 heavy (non-hydrogen) atoms. The molecule has 3 N–H and O–H groups in total. The Kier molecular flexibility index (Phi) is 6.87. The molecule has 1 atom stereocenters. The normalized spacial score (nSPS) is 11.6. The highest BCUT2D eigenvalue weighted by Gasteiger charge is 2.18. The number of hydrogen-bond acceptors (Lipinski definition) is 5. The smallest absolute Gasteiger partial charge is 0.326 e. The third kappa shape index (κ3) is 5.46. The molecular weight excluding hydrogens is 427 g/mol. The molecule has 0 bridgehead atoms. The zero-order valence-electron chi connectivity index (χ0n) is 15.9. The molecule has 3 aromatic rings. The van der Waals surface area contributed by atoms with Gasteiger partial charge in [-0.05, 0) is 36.8 Å². The third-order valence-corrected chi connectivity index (χ3v) is 4.86. The lowest BCUT2D eigenvalue weighted by atomic mass is 10.0. The summed E-state index contributed by atoms with van der Waals surface area (Å²) in [6.45, 7) is 1.83. The first-order chi connectivity index (χ1) is 14.3. The summed E-state index contributed by atoms with van der Waals surface area (Å²) in [7, 11) is 0. The lowest BCUT2D eigenvalue weighted by Gasteiger charge is -2.16. The Morgan fingerprint density at radius 3 is 2.37 bits per heavy atom. The summed E-state index contributed by atoms with van der Waals surface area (Å²) >= 11 is 12.0. The van der Waals surface area contributed by atoms with Crippen molar-refractivity contribution in [1.82, 2.24) is 9.97 Å². The van der Waals surface area contributed by atoms with E-state index in [1.54, 1.807) is 42.6 Å². The van der Waals surface area contributed by atoms with Crippen LogP contribution < -0.4 is 10.6 Å². The molecule has 0 fully saturated rings. The molecule has 0 radical (unpaired) electrons.